The molecule has 2 atom stereocenters. The lowest BCUT2D eigenvalue weighted by molar-refractivity contribution is -0.133. The van der Waals surface area contributed by atoms with Crippen molar-refractivity contribution in [3.05, 3.63) is 22.3 Å². The fraction of sp³-hybridized carbons (Fsp3) is 0.533. The third-order valence-corrected chi connectivity index (χ3v) is 4.42. The Morgan fingerprint density at radius 3 is 2.72 bits per heavy atom. The van der Waals surface area contributed by atoms with Gasteiger partial charge < -0.3 is 9.84 Å². The van der Waals surface area contributed by atoms with Crippen LogP contribution in [0.2, 0.25) is 0 Å². The van der Waals surface area contributed by atoms with Crippen LogP contribution in [-0.4, -0.2) is 11.1 Å². The largest absolute Gasteiger partial charge is 0.504 e. The van der Waals surface area contributed by atoms with Gasteiger partial charge in [-0.05, 0) is 50.2 Å². The van der Waals surface area contributed by atoms with E-state index in [-0.39, 0.29) is 17.6 Å². The van der Waals surface area contributed by atoms with Crippen molar-refractivity contribution < 1.29 is 14.6 Å². The van der Waals surface area contributed by atoms with Gasteiger partial charge in [0.1, 0.15) is 0 Å². The molecule has 1 heterocycles. The van der Waals surface area contributed by atoms with Gasteiger partial charge in [-0.1, -0.05) is 6.92 Å². The van der Waals surface area contributed by atoms with Crippen molar-refractivity contribution in [2.75, 3.05) is 0 Å². The summed E-state index contributed by atoms with van der Waals surface area (Å²) in [6.07, 6.45) is 3.12. The molecule has 1 N–H and O–H groups in total. The first-order valence-electron chi connectivity index (χ1n) is 6.62. The lowest BCUT2D eigenvalue weighted by atomic mass is 9.78. The highest BCUT2D eigenvalue weighted by Crippen LogP contribution is 2.51. The zero-order valence-electron chi connectivity index (χ0n) is 11.0. The van der Waals surface area contributed by atoms with E-state index < -0.39 is 0 Å². The average Bonchev–Trinajstić information content (AvgIpc) is 2.63. The number of rotatable bonds is 0. The average molecular weight is 246 g/mol. The van der Waals surface area contributed by atoms with Crippen LogP contribution in [0.25, 0.3) is 0 Å². The molecule has 96 valence electrons. The number of benzene rings is 1. The summed E-state index contributed by atoms with van der Waals surface area (Å²) >= 11 is 0. The number of phenols is 1. The molecule has 0 spiro atoms. The van der Waals surface area contributed by atoms with Gasteiger partial charge in [0, 0.05) is 11.1 Å². The Labute approximate surface area is 107 Å². The van der Waals surface area contributed by atoms with Crippen molar-refractivity contribution in [1.82, 2.24) is 0 Å². The summed E-state index contributed by atoms with van der Waals surface area (Å²) < 4.78 is 5.24. The maximum Gasteiger partial charge on any atom is 0.318 e. The van der Waals surface area contributed by atoms with Crippen LogP contribution in [0.5, 0.6) is 11.5 Å². The normalized spacial score (nSPS) is 25.6. The predicted octanol–water partition coefficient (Wildman–Crippen LogP) is 3.16. The number of carbonyl (C=O) groups excluding carboxylic acids is 1. The number of aromatic hydroxyl groups is 1. The van der Waals surface area contributed by atoms with Gasteiger partial charge in [-0.2, -0.15) is 0 Å². The van der Waals surface area contributed by atoms with Crippen molar-refractivity contribution in [2.24, 2.45) is 0 Å². The molecule has 1 aliphatic carbocycles. The molecular weight excluding hydrogens is 228 g/mol. The molecule has 1 aliphatic heterocycles. The first-order chi connectivity index (χ1) is 8.52. The number of hydrogen-bond acceptors (Lipinski definition) is 3. The van der Waals surface area contributed by atoms with E-state index in [1.54, 1.807) is 0 Å². The minimum atomic E-state index is -0.259. The molecule has 0 unspecified atom stereocenters. The first kappa shape index (κ1) is 11.6. The van der Waals surface area contributed by atoms with Crippen LogP contribution in [0.3, 0.4) is 0 Å². The van der Waals surface area contributed by atoms with Gasteiger partial charge in [-0.15, -0.1) is 0 Å². The standard InChI is InChI=1S/C15H18O3/c1-7-5-4-6-10-11(7)8(2)12-9(3)15(17)18-14(12)13(10)16/h7,9,16H,4-6H2,1-3H3/t7-,9-/m0/s1. The minimum Gasteiger partial charge on any atom is -0.504 e. The third kappa shape index (κ3) is 1.33. The van der Waals surface area contributed by atoms with E-state index in [0.29, 0.717) is 11.7 Å². The zero-order chi connectivity index (χ0) is 13.0. The Morgan fingerprint density at radius 2 is 2.00 bits per heavy atom. The second-order valence-electron chi connectivity index (χ2n) is 5.54. The van der Waals surface area contributed by atoms with E-state index >= 15 is 0 Å². The Hall–Kier alpha value is -1.51. The number of ether oxygens (including phenoxy) is 1. The smallest absolute Gasteiger partial charge is 0.318 e. The minimum absolute atomic E-state index is 0.204. The van der Waals surface area contributed by atoms with Crippen LogP contribution in [0.1, 0.15) is 60.8 Å². The van der Waals surface area contributed by atoms with Gasteiger partial charge in [0.2, 0.25) is 0 Å². The quantitative estimate of drug-likeness (QED) is 0.565. The monoisotopic (exact) mass is 246 g/mol. The lowest BCUT2D eigenvalue weighted by Crippen LogP contribution is -2.11. The topological polar surface area (TPSA) is 46.5 Å². The summed E-state index contributed by atoms with van der Waals surface area (Å²) in [6.45, 7) is 6.09. The third-order valence-electron chi connectivity index (χ3n) is 4.42. The first-order valence-corrected chi connectivity index (χ1v) is 6.62. The zero-order valence-corrected chi connectivity index (χ0v) is 11.0. The number of carbonyl (C=O) groups is 1. The molecular formula is C15H18O3. The highest BCUT2D eigenvalue weighted by Gasteiger charge is 2.37. The predicted molar refractivity (Wildman–Crippen MR) is 68.2 cm³/mol. The van der Waals surface area contributed by atoms with Crippen LogP contribution in [-0.2, 0) is 11.2 Å². The lowest BCUT2D eigenvalue weighted by Gasteiger charge is -2.27. The van der Waals surface area contributed by atoms with Crippen molar-refractivity contribution in [2.45, 2.75) is 51.9 Å². The number of hydrogen-bond donors (Lipinski definition) is 1. The van der Waals surface area contributed by atoms with Crippen molar-refractivity contribution in [1.29, 1.82) is 0 Å². The van der Waals surface area contributed by atoms with Crippen molar-refractivity contribution >= 4 is 5.97 Å². The number of fused-ring (bicyclic) bond motifs is 2. The van der Waals surface area contributed by atoms with E-state index in [4.69, 9.17) is 4.74 Å². The molecule has 0 amide bonds. The summed E-state index contributed by atoms with van der Waals surface area (Å²) in [7, 11) is 0. The van der Waals surface area contributed by atoms with E-state index in [1.165, 1.54) is 5.56 Å². The molecule has 0 saturated carbocycles. The van der Waals surface area contributed by atoms with E-state index in [0.717, 1.165) is 36.0 Å². The van der Waals surface area contributed by atoms with Gasteiger partial charge in [-0.25, -0.2) is 0 Å². The van der Waals surface area contributed by atoms with E-state index in [9.17, 15) is 9.90 Å². The number of esters is 1. The molecule has 2 aliphatic rings. The van der Waals surface area contributed by atoms with Gasteiger partial charge in [0.15, 0.2) is 11.5 Å². The highest BCUT2D eigenvalue weighted by molar-refractivity contribution is 5.88. The fourth-order valence-electron chi connectivity index (χ4n) is 3.51. The summed E-state index contributed by atoms with van der Waals surface area (Å²) in [5.74, 6) is 0.560. The molecule has 3 heteroatoms. The van der Waals surface area contributed by atoms with Crippen LogP contribution in [0.15, 0.2) is 0 Å². The van der Waals surface area contributed by atoms with Crippen molar-refractivity contribution in [3.8, 4) is 11.5 Å². The summed E-state index contributed by atoms with van der Waals surface area (Å²) in [5.41, 5.74) is 4.27. The van der Waals surface area contributed by atoms with Crippen molar-refractivity contribution in [3.63, 3.8) is 0 Å². The molecule has 1 aromatic rings. The van der Waals surface area contributed by atoms with Crippen LogP contribution in [0, 0.1) is 6.92 Å². The molecule has 0 fully saturated rings. The molecule has 1 aromatic carbocycles. The maximum atomic E-state index is 11.7. The maximum absolute atomic E-state index is 11.7. The van der Waals surface area contributed by atoms with Crippen LogP contribution < -0.4 is 4.74 Å². The van der Waals surface area contributed by atoms with Gasteiger partial charge in [-0.3, -0.25) is 4.79 Å². The molecule has 0 saturated heterocycles. The van der Waals surface area contributed by atoms with E-state index in [2.05, 4.69) is 13.8 Å². The second kappa shape index (κ2) is 3.74. The molecule has 0 aromatic heterocycles. The molecule has 0 radical (unpaired) electrons. The summed E-state index contributed by atoms with van der Waals surface area (Å²) in [5, 5.41) is 10.4. The molecule has 3 nitrogen and oxygen atoms in total. The Bertz CT molecular complexity index is 545. The summed E-state index contributed by atoms with van der Waals surface area (Å²) in [4.78, 5) is 11.7. The fourth-order valence-corrected chi connectivity index (χ4v) is 3.51. The Morgan fingerprint density at radius 1 is 1.28 bits per heavy atom. The van der Waals surface area contributed by atoms with Gasteiger partial charge >= 0.3 is 5.97 Å². The van der Waals surface area contributed by atoms with E-state index in [1.807, 2.05) is 6.92 Å². The SMILES string of the molecule is Cc1c2c(c(O)c3c1[C@@H](C)CCC3)OC(=O)[C@H]2C. The molecule has 0 bridgehead atoms. The Kier molecular flexibility index (Phi) is 2.40. The van der Waals surface area contributed by atoms with Crippen LogP contribution in [0.4, 0.5) is 0 Å². The second-order valence-corrected chi connectivity index (χ2v) is 5.54. The molecule has 18 heavy (non-hydrogen) atoms. The highest BCUT2D eigenvalue weighted by atomic mass is 16.5. The molecule has 3 rings (SSSR count). The van der Waals surface area contributed by atoms with Gasteiger partial charge in [0.25, 0.3) is 0 Å². The summed E-state index contributed by atoms with van der Waals surface area (Å²) in [6, 6.07) is 0. The number of phenolic OH excluding ortho intramolecular Hbond substituents is 1. The van der Waals surface area contributed by atoms with Gasteiger partial charge in [0.05, 0.1) is 5.92 Å². The van der Waals surface area contributed by atoms with Crippen LogP contribution >= 0.6 is 0 Å². The Balaban J connectivity index is 2.32.